The molecule has 0 N–H and O–H groups in total. The molecule has 0 bridgehead atoms. The number of aryl methyl sites for hydroxylation is 2. The maximum atomic E-state index is 12.0. The Morgan fingerprint density at radius 2 is 2.00 bits per heavy atom. The molecule has 0 aliphatic heterocycles. The van der Waals surface area contributed by atoms with Crippen LogP contribution in [0.1, 0.15) is 17.9 Å². The van der Waals surface area contributed by atoms with Crippen LogP contribution in [0.3, 0.4) is 0 Å². The molecule has 0 radical (unpaired) electrons. The Bertz CT molecular complexity index is 843. The summed E-state index contributed by atoms with van der Waals surface area (Å²) in [7, 11) is 0. The number of hydrogen-bond donors (Lipinski definition) is 0. The fourth-order valence-corrected chi connectivity index (χ4v) is 2.50. The van der Waals surface area contributed by atoms with Gasteiger partial charge in [0.25, 0.3) is 0 Å². The first-order chi connectivity index (χ1) is 11.6. The lowest BCUT2D eigenvalue weighted by Gasteiger charge is -2.06. The van der Waals surface area contributed by atoms with Gasteiger partial charge in [-0.2, -0.15) is 0 Å². The van der Waals surface area contributed by atoms with Crippen LogP contribution in [0.25, 0.3) is 11.3 Å². The average molecular weight is 342 g/mol. The average Bonchev–Trinajstić information content (AvgIpc) is 3.05. The minimum atomic E-state index is -0.333. The van der Waals surface area contributed by atoms with Gasteiger partial charge in [-0.15, -0.1) is 0 Å². The summed E-state index contributed by atoms with van der Waals surface area (Å²) in [4.78, 5) is 16.2. The first kappa shape index (κ1) is 16.3. The summed E-state index contributed by atoms with van der Waals surface area (Å²) in [6.07, 6.45) is 2.24. The first-order valence-corrected chi connectivity index (χ1v) is 7.96. The summed E-state index contributed by atoms with van der Waals surface area (Å²) in [6, 6.07) is 14.8. The van der Waals surface area contributed by atoms with Crippen molar-refractivity contribution >= 4 is 17.6 Å². The largest absolute Gasteiger partial charge is 0.441 e. The molecule has 3 aromatic rings. The van der Waals surface area contributed by atoms with Crippen molar-refractivity contribution in [3.05, 3.63) is 71.2 Å². The van der Waals surface area contributed by atoms with Crippen molar-refractivity contribution in [3.8, 4) is 17.1 Å². The van der Waals surface area contributed by atoms with Gasteiger partial charge in [0, 0.05) is 17.0 Å². The SMILES string of the molecule is Cc1cc(Cl)ccc1OC(=O)CCc1ncc(-c2ccccc2)o1. The summed E-state index contributed by atoms with van der Waals surface area (Å²) in [5, 5.41) is 0.612. The Morgan fingerprint density at radius 1 is 1.21 bits per heavy atom. The van der Waals surface area contributed by atoms with Gasteiger partial charge < -0.3 is 9.15 Å². The number of aromatic nitrogens is 1. The van der Waals surface area contributed by atoms with Crippen molar-refractivity contribution < 1.29 is 13.9 Å². The zero-order valence-corrected chi connectivity index (χ0v) is 13.9. The molecule has 0 aliphatic carbocycles. The maximum absolute atomic E-state index is 12.0. The van der Waals surface area contributed by atoms with Crippen LogP contribution in [0.15, 0.2) is 59.1 Å². The molecule has 0 saturated heterocycles. The number of ether oxygens (including phenoxy) is 1. The number of benzene rings is 2. The third kappa shape index (κ3) is 4.03. The predicted molar refractivity (Wildman–Crippen MR) is 92.1 cm³/mol. The molecule has 0 saturated carbocycles. The minimum Gasteiger partial charge on any atom is -0.441 e. The van der Waals surface area contributed by atoms with E-state index in [-0.39, 0.29) is 12.4 Å². The Kier molecular flexibility index (Phi) is 4.96. The molecule has 24 heavy (non-hydrogen) atoms. The number of nitrogens with zero attached hydrogens (tertiary/aromatic N) is 1. The molecule has 5 heteroatoms. The van der Waals surface area contributed by atoms with E-state index in [0.29, 0.717) is 28.8 Å². The first-order valence-electron chi connectivity index (χ1n) is 7.59. The van der Waals surface area contributed by atoms with Crippen LogP contribution in [-0.2, 0) is 11.2 Å². The van der Waals surface area contributed by atoms with E-state index in [1.165, 1.54) is 0 Å². The zero-order chi connectivity index (χ0) is 16.9. The van der Waals surface area contributed by atoms with Crippen LogP contribution in [0, 0.1) is 6.92 Å². The summed E-state index contributed by atoms with van der Waals surface area (Å²) >= 11 is 5.89. The lowest BCUT2D eigenvalue weighted by Crippen LogP contribution is -2.09. The van der Waals surface area contributed by atoms with Crippen molar-refractivity contribution in [1.29, 1.82) is 0 Å². The molecule has 0 fully saturated rings. The second-order valence-corrected chi connectivity index (χ2v) is 5.80. The van der Waals surface area contributed by atoms with Gasteiger partial charge in [-0.25, -0.2) is 4.98 Å². The van der Waals surface area contributed by atoms with Gasteiger partial charge >= 0.3 is 5.97 Å². The zero-order valence-electron chi connectivity index (χ0n) is 13.2. The monoisotopic (exact) mass is 341 g/mol. The Morgan fingerprint density at radius 3 is 2.75 bits per heavy atom. The van der Waals surface area contributed by atoms with Gasteiger partial charge in [-0.05, 0) is 30.7 Å². The van der Waals surface area contributed by atoms with E-state index in [1.54, 1.807) is 24.4 Å². The molecule has 1 heterocycles. The highest BCUT2D eigenvalue weighted by atomic mass is 35.5. The van der Waals surface area contributed by atoms with E-state index < -0.39 is 0 Å². The van der Waals surface area contributed by atoms with Gasteiger partial charge in [0.15, 0.2) is 11.7 Å². The van der Waals surface area contributed by atoms with Gasteiger partial charge in [0.05, 0.1) is 12.6 Å². The standard InChI is InChI=1S/C19H16ClNO3/c1-13-11-15(20)7-8-16(13)24-19(22)10-9-18-21-12-17(23-18)14-5-3-2-4-6-14/h2-8,11-12H,9-10H2,1H3. The van der Waals surface area contributed by atoms with E-state index in [4.69, 9.17) is 20.8 Å². The van der Waals surface area contributed by atoms with E-state index in [1.807, 2.05) is 37.3 Å². The number of rotatable bonds is 5. The van der Waals surface area contributed by atoms with Crippen LogP contribution < -0.4 is 4.74 Å². The summed E-state index contributed by atoms with van der Waals surface area (Å²) < 4.78 is 11.0. The van der Waals surface area contributed by atoms with E-state index >= 15 is 0 Å². The van der Waals surface area contributed by atoms with Crippen LogP contribution in [0.2, 0.25) is 5.02 Å². The van der Waals surface area contributed by atoms with Crippen LogP contribution >= 0.6 is 11.6 Å². The Hall–Kier alpha value is -2.59. The molecule has 3 rings (SSSR count). The van der Waals surface area contributed by atoms with Gasteiger partial charge in [0.1, 0.15) is 5.75 Å². The molecule has 0 aliphatic rings. The number of esters is 1. The van der Waals surface area contributed by atoms with Crippen molar-refractivity contribution in [2.45, 2.75) is 19.8 Å². The number of carbonyl (C=O) groups excluding carboxylic acids is 1. The molecule has 1 aromatic heterocycles. The fourth-order valence-electron chi connectivity index (χ4n) is 2.27. The van der Waals surface area contributed by atoms with Crippen molar-refractivity contribution in [1.82, 2.24) is 4.98 Å². The smallest absolute Gasteiger partial charge is 0.311 e. The number of oxazole rings is 1. The van der Waals surface area contributed by atoms with Crippen LogP contribution in [0.5, 0.6) is 5.75 Å². The quantitative estimate of drug-likeness (QED) is 0.492. The summed E-state index contributed by atoms with van der Waals surface area (Å²) in [5.41, 5.74) is 1.77. The van der Waals surface area contributed by atoms with Crippen LogP contribution in [-0.4, -0.2) is 11.0 Å². The summed E-state index contributed by atoms with van der Waals surface area (Å²) in [5.74, 6) is 1.38. The second-order valence-electron chi connectivity index (χ2n) is 5.37. The van der Waals surface area contributed by atoms with Gasteiger partial charge in [-0.1, -0.05) is 41.9 Å². The molecular formula is C19H16ClNO3. The molecule has 0 amide bonds. The lowest BCUT2D eigenvalue weighted by molar-refractivity contribution is -0.134. The summed E-state index contributed by atoms with van der Waals surface area (Å²) in [6.45, 7) is 1.84. The van der Waals surface area contributed by atoms with Crippen molar-refractivity contribution in [2.75, 3.05) is 0 Å². The highest BCUT2D eigenvalue weighted by molar-refractivity contribution is 6.30. The van der Waals surface area contributed by atoms with E-state index in [2.05, 4.69) is 4.98 Å². The molecule has 4 nitrogen and oxygen atoms in total. The molecule has 0 unspecified atom stereocenters. The molecular weight excluding hydrogens is 326 g/mol. The highest BCUT2D eigenvalue weighted by Crippen LogP contribution is 2.23. The number of halogens is 1. The lowest BCUT2D eigenvalue weighted by atomic mass is 10.2. The Labute approximate surface area is 145 Å². The normalized spacial score (nSPS) is 10.6. The second kappa shape index (κ2) is 7.32. The van der Waals surface area contributed by atoms with Crippen LogP contribution in [0.4, 0.5) is 0 Å². The Balaban J connectivity index is 1.58. The van der Waals surface area contributed by atoms with Gasteiger partial charge in [-0.3, -0.25) is 4.79 Å². The third-order valence-corrected chi connectivity index (χ3v) is 3.75. The molecule has 0 spiro atoms. The molecule has 2 aromatic carbocycles. The third-order valence-electron chi connectivity index (χ3n) is 3.52. The highest BCUT2D eigenvalue weighted by Gasteiger charge is 2.11. The molecule has 0 atom stereocenters. The van der Waals surface area contributed by atoms with E-state index in [0.717, 1.165) is 11.1 Å². The van der Waals surface area contributed by atoms with Gasteiger partial charge in [0.2, 0.25) is 0 Å². The van der Waals surface area contributed by atoms with E-state index in [9.17, 15) is 4.79 Å². The maximum Gasteiger partial charge on any atom is 0.311 e. The fraction of sp³-hybridized carbons (Fsp3) is 0.158. The van der Waals surface area contributed by atoms with Crippen molar-refractivity contribution in [2.24, 2.45) is 0 Å². The predicted octanol–water partition coefficient (Wildman–Crippen LogP) is 4.84. The topological polar surface area (TPSA) is 52.3 Å². The molecule has 122 valence electrons. The minimum absolute atomic E-state index is 0.191. The van der Waals surface area contributed by atoms with Crippen molar-refractivity contribution in [3.63, 3.8) is 0 Å². The number of carbonyl (C=O) groups is 1. The number of hydrogen-bond acceptors (Lipinski definition) is 4.